The lowest BCUT2D eigenvalue weighted by Crippen LogP contribution is -2.06. The zero-order chi connectivity index (χ0) is 14.1. The number of aromatic nitrogens is 2. The minimum absolute atomic E-state index is 0.106. The first-order valence-electron chi connectivity index (χ1n) is 6.21. The molecule has 0 aliphatic carbocycles. The van der Waals surface area contributed by atoms with Crippen LogP contribution in [0.4, 0.5) is 0 Å². The van der Waals surface area contributed by atoms with Crippen molar-refractivity contribution >= 4 is 16.9 Å². The van der Waals surface area contributed by atoms with Crippen molar-refractivity contribution in [2.45, 2.75) is 13.3 Å². The molecule has 5 nitrogen and oxygen atoms in total. The molecular formula is C15H12N2O3. The summed E-state index contributed by atoms with van der Waals surface area (Å²) < 4.78 is 4.95. The fourth-order valence-electron chi connectivity index (χ4n) is 2.16. The van der Waals surface area contributed by atoms with Gasteiger partial charge in [-0.05, 0) is 31.2 Å². The molecule has 0 atom stereocenters. The number of oxazole rings is 1. The molecule has 3 rings (SSSR count). The Morgan fingerprint density at radius 1 is 1.25 bits per heavy atom. The Morgan fingerprint density at radius 2 is 2.05 bits per heavy atom. The van der Waals surface area contributed by atoms with E-state index in [0.29, 0.717) is 22.4 Å². The van der Waals surface area contributed by atoms with Crippen LogP contribution in [0.15, 0.2) is 45.6 Å². The molecule has 0 amide bonds. The van der Waals surface area contributed by atoms with Crippen molar-refractivity contribution in [1.82, 2.24) is 9.97 Å². The SMILES string of the molecule is Cc1cccc(CC(=O)c2cccc3oc(=O)[nH]c23)n1. The topological polar surface area (TPSA) is 76.0 Å². The van der Waals surface area contributed by atoms with Crippen LogP contribution in [0, 0.1) is 6.92 Å². The number of carbonyl (C=O) groups is 1. The molecule has 0 saturated carbocycles. The van der Waals surface area contributed by atoms with Crippen molar-refractivity contribution in [3.63, 3.8) is 0 Å². The van der Waals surface area contributed by atoms with Crippen LogP contribution in [0.3, 0.4) is 0 Å². The highest BCUT2D eigenvalue weighted by atomic mass is 16.4. The predicted octanol–water partition coefficient (Wildman–Crippen LogP) is 2.25. The number of hydrogen-bond acceptors (Lipinski definition) is 4. The fourth-order valence-corrected chi connectivity index (χ4v) is 2.16. The molecule has 5 heteroatoms. The van der Waals surface area contributed by atoms with Gasteiger partial charge in [0, 0.05) is 17.0 Å². The average Bonchev–Trinajstić information content (AvgIpc) is 2.78. The number of H-pyrrole nitrogens is 1. The molecule has 100 valence electrons. The Morgan fingerprint density at radius 3 is 2.85 bits per heavy atom. The van der Waals surface area contributed by atoms with E-state index in [0.717, 1.165) is 5.69 Å². The van der Waals surface area contributed by atoms with Crippen LogP contribution >= 0.6 is 0 Å². The lowest BCUT2D eigenvalue weighted by Gasteiger charge is -2.02. The molecular weight excluding hydrogens is 256 g/mol. The summed E-state index contributed by atoms with van der Waals surface area (Å²) in [5.74, 6) is -0.667. The van der Waals surface area contributed by atoms with Gasteiger partial charge in [-0.1, -0.05) is 12.1 Å². The van der Waals surface area contributed by atoms with Crippen molar-refractivity contribution in [3.05, 3.63) is 63.9 Å². The van der Waals surface area contributed by atoms with Gasteiger partial charge in [0.25, 0.3) is 0 Å². The summed E-state index contributed by atoms with van der Waals surface area (Å²) in [6.07, 6.45) is 0.188. The summed E-state index contributed by atoms with van der Waals surface area (Å²) in [4.78, 5) is 30.4. The fraction of sp³-hybridized carbons (Fsp3) is 0.133. The quantitative estimate of drug-likeness (QED) is 0.739. The Bertz CT molecular complexity index is 845. The summed E-state index contributed by atoms with van der Waals surface area (Å²) in [6.45, 7) is 1.88. The molecule has 0 unspecified atom stereocenters. The molecule has 0 aliphatic rings. The first kappa shape index (κ1) is 12.3. The molecule has 0 bridgehead atoms. The minimum Gasteiger partial charge on any atom is -0.408 e. The Kier molecular flexibility index (Phi) is 2.95. The number of nitrogens with zero attached hydrogens (tertiary/aromatic N) is 1. The third-order valence-corrected chi connectivity index (χ3v) is 3.04. The van der Waals surface area contributed by atoms with E-state index in [2.05, 4.69) is 9.97 Å². The predicted molar refractivity (Wildman–Crippen MR) is 73.8 cm³/mol. The molecule has 0 aliphatic heterocycles. The second kappa shape index (κ2) is 4.77. The van der Waals surface area contributed by atoms with E-state index in [-0.39, 0.29) is 12.2 Å². The Hall–Kier alpha value is -2.69. The molecule has 2 heterocycles. The van der Waals surface area contributed by atoms with E-state index in [1.807, 2.05) is 25.1 Å². The molecule has 0 radical (unpaired) electrons. The average molecular weight is 268 g/mol. The number of hydrogen-bond donors (Lipinski definition) is 1. The van der Waals surface area contributed by atoms with Gasteiger partial charge in [-0.2, -0.15) is 0 Å². The summed E-state index contributed by atoms with van der Waals surface area (Å²) in [7, 11) is 0. The van der Waals surface area contributed by atoms with Gasteiger partial charge in [0.05, 0.1) is 11.9 Å². The third-order valence-electron chi connectivity index (χ3n) is 3.04. The van der Waals surface area contributed by atoms with Gasteiger partial charge >= 0.3 is 5.76 Å². The van der Waals surface area contributed by atoms with Gasteiger partial charge in [-0.15, -0.1) is 0 Å². The molecule has 2 aromatic heterocycles. The van der Waals surface area contributed by atoms with E-state index < -0.39 is 5.76 Å². The summed E-state index contributed by atoms with van der Waals surface area (Å²) in [6, 6.07) is 10.6. The van der Waals surface area contributed by atoms with Crippen molar-refractivity contribution in [3.8, 4) is 0 Å². The van der Waals surface area contributed by atoms with Crippen LogP contribution < -0.4 is 5.76 Å². The highest BCUT2D eigenvalue weighted by Crippen LogP contribution is 2.17. The monoisotopic (exact) mass is 268 g/mol. The Labute approximate surface area is 114 Å². The van der Waals surface area contributed by atoms with E-state index in [9.17, 15) is 9.59 Å². The number of nitrogens with one attached hydrogen (secondary N) is 1. The first-order valence-corrected chi connectivity index (χ1v) is 6.21. The van der Waals surface area contributed by atoms with Gasteiger partial charge < -0.3 is 4.42 Å². The second-order valence-corrected chi connectivity index (χ2v) is 4.56. The third kappa shape index (κ3) is 2.25. The number of pyridine rings is 1. The Balaban J connectivity index is 1.98. The largest absolute Gasteiger partial charge is 0.417 e. The normalized spacial score (nSPS) is 10.8. The number of aromatic amines is 1. The number of para-hydroxylation sites is 1. The van der Waals surface area contributed by atoms with E-state index >= 15 is 0 Å². The number of benzene rings is 1. The van der Waals surface area contributed by atoms with Crippen LogP contribution in [0.5, 0.6) is 0 Å². The zero-order valence-corrected chi connectivity index (χ0v) is 10.8. The molecule has 3 aromatic rings. The molecule has 0 saturated heterocycles. The van der Waals surface area contributed by atoms with E-state index in [4.69, 9.17) is 4.42 Å². The summed E-state index contributed by atoms with van der Waals surface area (Å²) >= 11 is 0. The van der Waals surface area contributed by atoms with Crippen molar-refractivity contribution < 1.29 is 9.21 Å². The smallest absolute Gasteiger partial charge is 0.408 e. The van der Waals surface area contributed by atoms with Crippen molar-refractivity contribution in [2.24, 2.45) is 0 Å². The van der Waals surface area contributed by atoms with Gasteiger partial charge in [0.15, 0.2) is 11.4 Å². The molecule has 20 heavy (non-hydrogen) atoms. The number of fused-ring (bicyclic) bond motifs is 1. The van der Waals surface area contributed by atoms with Crippen LogP contribution in [-0.4, -0.2) is 15.8 Å². The van der Waals surface area contributed by atoms with Gasteiger partial charge in [-0.3, -0.25) is 14.8 Å². The maximum Gasteiger partial charge on any atom is 0.417 e. The van der Waals surface area contributed by atoms with E-state index in [1.54, 1.807) is 18.2 Å². The van der Waals surface area contributed by atoms with Gasteiger partial charge in [-0.25, -0.2) is 4.79 Å². The van der Waals surface area contributed by atoms with Gasteiger partial charge in [0.1, 0.15) is 0 Å². The number of aryl methyl sites for hydroxylation is 1. The number of rotatable bonds is 3. The van der Waals surface area contributed by atoms with Crippen LogP contribution in [0.2, 0.25) is 0 Å². The second-order valence-electron chi connectivity index (χ2n) is 4.56. The first-order chi connectivity index (χ1) is 9.63. The molecule has 0 spiro atoms. The van der Waals surface area contributed by atoms with Crippen LogP contribution in [0.1, 0.15) is 21.7 Å². The molecule has 1 N–H and O–H groups in total. The number of Topliss-reactive ketones (excluding diaryl/α,β-unsaturated/α-hetero) is 1. The van der Waals surface area contributed by atoms with E-state index in [1.165, 1.54) is 0 Å². The maximum absolute atomic E-state index is 12.3. The molecule has 0 fully saturated rings. The van der Waals surface area contributed by atoms with Crippen molar-refractivity contribution in [1.29, 1.82) is 0 Å². The van der Waals surface area contributed by atoms with Crippen LogP contribution in [0.25, 0.3) is 11.1 Å². The number of ketones is 1. The zero-order valence-electron chi connectivity index (χ0n) is 10.8. The molecule has 1 aromatic carbocycles. The maximum atomic E-state index is 12.3. The summed E-state index contributed by atoms with van der Waals surface area (Å²) in [5, 5.41) is 0. The van der Waals surface area contributed by atoms with Crippen molar-refractivity contribution in [2.75, 3.05) is 0 Å². The highest BCUT2D eigenvalue weighted by molar-refractivity contribution is 6.06. The van der Waals surface area contributed by atoms with Gasteiger partial charge in [0.2, 0.25) is 0 Å². The summed E-state index contributed by atoms with van der Waals surface area (Å²) in [5.41, 5.74) is 2.84. The lowest BCUT2D eigenvalue weighted by atomic mass is 10.0. The lowest BCUT2D eigenvalue weighted by molar-refractivity contribution is 0.0993. The minimum atomic E-state index is -0.561. The standard InChI is InChI=1S/C15H12N2O3/c1-9-4-2-5-10(16-9)8-12(18)11-6-3-7-13-14(11)17-15(19)20-13/h2-7H,8H2,1H3,(H,17,19). The van der Waals surface area contributed by atoms with Crippen LogP contribution in [-0.2, 0) is 6.42 Å². The number of carbonyl (C=O) groups excluding carboxylic acids is 1. The highest BCUT2D eigenvalue weighted by Gasteiger charge is 2.14.